The molecule has 91 heavy (non-hydrogen) atoms. The number of hydrogen-bond donors (Lipinski definition) is 6. The molecule has 7 unspecified atom stereocenters. The Kier molecular flexibility index (Phi) is 65.7. The Hall–Kier alpha value is -2.38. The van der Waals surface area contributed by atoms with Crippen LogP contribution in [-0.4, -0.2) is 100 Å². The van der Waals surface area contributed by atoms with Crippen LogP contribution in [0.3, 0.4) is 0 Å². The molecule has 0 aliphatic carbocycles. The first-order chi connectivity index (χ1) is 44.7. The van der Waals surface area contributed by atoms with Crippen LogP contribution in [0.1, 0.15) is 386 Å². The molecular formula is C80H149NO10. The highest BCUT2D eigenvalue weighted by atomic mass is 16.7. The van der Waals surface area contributed by atoms with Gasteiger partial charge in [-0.1, -0.05) is 339 Å². The maximum atomic E-state index is 13.1. The third kappa shape index (κ3) is 57.6. The van der Waals surface area contributed by atoms with E-state index in [2.05, 4.69) is 55.6 Å². The van der Waals surface area contributed by atoms with Crippen LogP contribution in [0.4, 0.5) is 0 Å². The van der Waals surface area contributed by atoms with Crippen molar-refractivity contribution < 1.29 is 49.3 Å². The number of aliphatic hydroxyl groups excluding tert-OH is 5. The van der Waals surface area contributed by atoms with Crippen LogP contribution in [0, 0.1) is 0 Å². The zero-order chi connectivity index (χ0) is 65.8. The van der Waals surface area contributed by atoms with Crippen LogP contribution >= 0.6 is 0 Å². The average molecular weight is 1290 g/mol. The zero-order valence-electron chi connectivity index (χ0n) is 59.6. The number of rotatable bonds is 70. The van der Waals surface area contributed by atoms with E-state index in [4.69, 9.17) is 14.2 Å². The Morgan fingerprint density at radius 1 is 0.396 bits per heavy atom. The zero-order valence-corrected chi connectivity index (χ0v) is 59.6. The normalized spacial score (nSPS) is 17.8. The predicted octanol–water partition coefficient (Wildman–Crippen LogP) is 21.1. The van der Waals surface area contributed by atoms with Crippen LogP contribution in [0.2, 0.25) is 0 Å². The molecule has 0 aromatic heterocycles. The monoisotopic (exact) mass is 1280 g/mol. The standard InChI is InChI=1S/C80H149NO10/c1-3-5-7-9-11-13-15-17-43-46-50-54-58-62-66-73(83)72(71-90-80-79(88)78(87)77(86)74(70-82)91-80)81-75(84)67-63-59-55-51-47-44-41-39-37-35-33-31-29-27-25-23-21-19-18-20-22-24-26-28-30-32-34-36-38-40-42-45-49-53-57-61-65-69-89-76(85)68-64-60-56-52-48-16-14-12-10-8-6-4-2/h13,15,18,20,46,50,62,66,72-74,77-80,82-83,86-88H,3-12,14,16-17,19,21-45,47-49,51-61,63-65,67-71H2,1-2H3,(H,81,84)/b15-13+,20-18-,50-46+,66-62+. The second kappa shape index (κ2) is 69.0. The van der Waals surface area contributed by atoms with Gasteiger partial charge in [0.15, 0.2) is 6.29 Å². The Bertz CT molecular complexity index is 1650. The highest BCUT2D eigenvalue weighted by molar-refractivity contribution is 5.76. The molecule has 1 aliphatic rings. The van der Waals surface area contributed by atoms with Crippen molar-refractivity contribution >= 4 is 11.9 Å². The van der Waals surface area contributed by atoms with E-state index in [0.29, 0.717) is 19.4 Å². The Morgan fingerprint density at radius 3 is 1.10 bits per heavy atom. The van der Waals surface area contributed by atoms with Crippen molar-refractivity contribution in [3.8, 4) is 0 Å². The third-order valence-electron chi connectivity index (χ3n) is 18.6. The molecular weight excluding hydrogens is 1130 g/mol. The van der Waals surface area contributed by atoms with Gasteiger partial charge >= 0.3 is 5.97 Å². The van der Waals surface area contributed by atoms with Gasteiger partial charge in [0.25, 0.3) is 0 Å². The molecule has 1 saturated heterocycles. The number of carbonyl (C=O) groups excluding carboxylic acids is 2. The van der Waals surface area contributed by atoms with E-state index < -0.39 is 49.5 Å². The van der Waals surface area contributed by atoms with E-state index in [0.717, 1.165) is 64.2 Å². The Labute approximate surface area is 561 Å². The topological polar surface area (TPSA) is 175 Å². The summed E-state index contributed by atoms with van der Waals surface area (Å²) < 4.78 is 16.7. The van der Waals surface area contributed by atoms with E-state index >= 15 is 0 Å². The largest absolute Gasteiger partial charge is 0.466 e. The minimum Gasteiger partial charge on any atom is -0.466 e. The second-order valence-corrected chi connectivity index (χ2v) is 27.4. The van der Waals surface area contributed by atoms with Crippen molar-refractivity contribution in [1.82, 2.24) is 5.32 Å². The highest BCUT2D eigenvalue weighted by Crippen LogP contribution is 2.24. The number of allylic oxidation sites excluding steroid dienone is 7. The summed E-state index contributed by atoms with van der Waals surface area (Å²) in [5.41, 5.74) is 0. The van der Waals surface area contributed by atoms with E-state index in [9.17, 15) is 35.1 Å². The van der Waals surface area contributed by atoms with Gasteiger partial charge in [0, 0.05) is 12.8 Å². The molecule has 534 valence electrons. The lowest BCUT2D eigenvalue weighted by Gasteiger charge is -2.40. The van der Waals surface area contributed by atoms with Crippen molar-refractivity contribution in [3.05, 3.63) is 48.6 Å². The minimum absolute atomic E-state index is 0.0161. The van der Waals surface area contributed by atoms with E-state index in [1.54, 1.807) is 6.08 Å². The number of carbonyl (C=O) groups is 2. The number of ether oxygens (including phenoxy) is 3. The van der Waals surface area contributed by atoms with Crippen LogP contribution < -0.4 is 5.32 Å². The van der Waals surface area contributed by atoms with Gasteiger partial charge in [0.05, 0.1) is 32.0 Å². The van der Waals surface area contributed by atoms with E-state index in [1.807, 2.05) is 6.08 Å². The number of aliphatic hydroxyl groups is 5. The molecule has 7 atom stereocenters. The summed E-state index contributed by atoms with van der Waals surface area (Å²) in [6, 6.07) is -0.832. The van der Waals surface area contributed by atoms with E-state index in [1.165, 1.54) is 295 Å². The maximum Gasteiger partial charge on any atom is 0.305 e. The highest BCUT2D eigenvalue weighted by Gasteiger charge is 2.44. The summed E-state index contributed by atoms with van der Waals surface area (Å²) in [5, 5.41) is 54.5. The molecule has 0 aromatic rings. The number of esters is 1. The number of unbranched alkanes of at least 4 members (excludes halogenated alkanes) is 50. The number of amides is 1. The van der Waals surface area contributed by atoms with Gasteiger partial charge in [-0.25, -0.2) is 0 Å². The first kappa shape index (κ1) is 86.6. The fourth-order valence-corrected chi connectivity index (χ4v) is 12.5. The maximum absolute atomic E-state index is 13.1. The van der Waals surface area contributed by atoms with Gasteiger partial charge in [0.1, 0.15) is 24.4 Å². The molecule has 1 aliphatic heterocycles. The Balaban J connectivity index is 1.92. The van der Waals surface area contributed by atoms with Gasteiger partial charge in [-0.15, -0.1) is 0 Å². The van der Waals surface area contributed by atoms with Crippen LogP contribution in [0.15, 0.2) is 48.6 Å². The molecule has 6 N–H and O–H groups in total. The fraction of sp³-hybridized carbons (Fsp3) is 0.875. The fourth-order valence-electron chi connectivity index (χ4n) is 12.5. The summed E-state index contributed by atoms with van der Waals surface area (Å²) in [6.45, 7) is 4.35. The smallest absolute Gasteiger partial charge is 0.305 e. The molecule has 1 heterocycles. The van der Waals surface area contributed by atoms with Gasteiger partial charge in [-0.05, 0) is 83.5 Å². The van der Waals surface area contributed by atoms with Crippen molar-refractivity contribution in [2.75, 3.05) is 19.8 Å². The minimum atomic E-state index is -1.58. The van der Waals surface area contributed by atoms with Gasteiger partial charge < -0.3 is 45.1 Å². The van der Waals surface area contributed by atoms with Crippen LogP contribution in [0.25, 0.3) is 0 Å². The summed E-state index contributed by atoms with van der Waals surface area (Å²) in [6.07, 6.45) is 81.4. The number of nitrogens with one attached hydrogen (secondary N) is 1. The van der Waals surface area contributed by atoms with E-state index in [-0.39, 0.29) is 18.5 Å². The van der Waals surface area contributed by atoms with Crippen molar-refractivity contribution in [2.45, 2.75) is 429 Å². The molecule has 0 aromatic carbocycles. The van der Waals surface area contributed by atoms with Crippen molar-refractivity contribution in [3.63, 3.8) is 0 Å². The summed E-state index contributed by atoms with van der Waals surface area (Å²) >= 11 is 0. The summed E-state index contributed by atoms with van der Waals surface area (Å²) in [4.78, 5) is 25.1. The third-order valence-corrected chi connectivity index (χ3v) is 18.6. The Morgan fingerprint density at radius 2 is 0.714 bits per heavy atom. The first-order valence-electron chi connectivity index (χ1n) is 39.4. The van der Waals surface area contributed by atoms with Gasteiger partial charge in [0.2, 0.25) is 5.91 Å². The lowest BCUT2D eigenvalue weighted by molar-refractivity contribution is -0.302. The lowest BCUT2D eigenvalue weighted by Crippen LogP contribution is -2.60. The molecule has 1 fully saturated rings. The molecule has 1 amide bonds. The second-order valence-electron chi connectivity index (χ2n) is 27.4. The van der Waals surface area contributed by atoms with Crippen molar-refractivity contribution in [2.24, 2.45) is 0 Å². The lowest BCUT2D eigenvalue weighted by atomic mass is 9.99. The van der Waals surface area contributed by atoms with Crippen LogP contribution in [0.5, 0.6) is 0 Å². The molecule has 11 nitrogen and oxygen atoms in total. The van der Waals surface area contributed by atoms with Crippen molar-refractivity contribution in [1.29, 1.82) is 0 Å². The molecule has 1 rings (SSSR count). The SMILES string of the molecule is CCCCCC/C=C/CC/C=C/CC/C=C/C(O)C(COC1OC(CO)C(O)C(O)C1O)NC(=O)CCCCCCCCCCCCCCCCCCC/C=C\CCCCCCCCCCCCCCCCCCOC(=O)CCCCCCCCCCCCCC. The molecule has 0 saturated carbocycles. The average Bonchev–Trinajstić information content (AvgIpc) is 2.21. The molecule has 11 heteroatoms. The molecule has 0 radical (unpaired) electrons. The quantitative estimate of drug-likeness (QED) is 0.0195. The molecule has 0 spiro atoms. The molecule has 0 bridgehead atoms. The van der Waals surface area contributed by atoms with Crippen LogP contribution in [-0.2, 0) is 23.8 Å². The van der Waals surface area contributed by atoms with Gasteiger partial charge in [-0.3, -0.25) is 9.59 Å². The number of hydrogen-bond acceptors (Lipinski definition) is 10. The summed E-state index contributed by atoms with van der Waals surface area (Å²) in [7, 11) is 0. The first-order valence-corrected chi connectivity index (χ1v) is 39.4. The van der Waals surface area contributed by atoms with Gasteiger partial charge in [-0.2, -0.15) is 0 Å². The summed E-state index contributed by atoms with van der Waals surface area (Å²) in [5.74, 6) is -0.175. The predicted molar refractivity (Wildman–Crippen MR) is 384 cm³/mol.